The molecule has 2 heterocycles. The van der Waals surface area contributed by atoms with Crippen LogP contribution in [0.3, 0.4) is 0 Å². The minimum atomic E-state index is -1.06. The van der Waals surface area contributed by atoms with Crippen molar-refractivity contribution in [3.8, 4) is 0 Å². The summed E-state index contributed by atoms with van der Waals surface area (Å²) >= 11 is 0. The SMILES string of the molecule is CCOC(=O)C1=NNC2CCC(c3cnn(COCC[Si](C)(C)C)c3)CC12. The first-order valence-corrected chi connectivity index (χ1v) is 13.7. The fourth-order valence-electron chi connectivity index (χ4n) is 3.76. The monoisotopic (exact) mass is 392 g/mol. The van der Waals surface area contributed by atoms with Crippen LogP contribution >= 0.6 is 0 Å². The minimum Gasteiger partial charge on any atom is -0.461 e. The van der Waals surface area contributed by atoms with Crippen LogP contribution in [0.4, 0.5) is 0 Å². The Morgan fingerprint density at radius 1 is 1.37 bits per heavy atom. The van der Waals surface area contributed by atoms with Crippen molar-refractivity contribution in [2.24, 2.45) is 11.0 Å². The molecule has 3 rings (SSSR count). The number of hydrogen-bond acceptors (Lipinski definition) is 6. The molecule has 150 valence electrons. The average Bonchev–Trinajstić information content (AvgIpc) is 3.24. The Kier molecular flexibility index (Phi) is 6.36. The van der Waals surface area contributed by atoms with Gasteiger partial charge in [0.15, 0.2) is 5.71 Å². The molecule has 27 heavy (non-hydrogen) atoms. The Bertz CT molecular complexity index is 683. The van der Waals surface area contributed by atoms with Crippen molar-refractivity contribution in [3.63, 3.8) is 0 Å². The van der Waals surface area contributed by atoms with Crippen molar-refractivity contribution >= 4 is 19.8 Å². The van der Waals surface area contributed by atoms with Crippen LogP contribution in [0.1, 0.15) is 37.7 Å². The Morgan fingerprint density at radius 2 is 2.19 bits per heavy atom. The third-order valence-corrected chi connectivity index (χ3v) is 7.09. The van der Waals surface area contributed by atoms with Crippen LogP contribution in [-0.4, -0.2) is 48.8 Å². The molecule has 0 bridgehead atoms. The Balaban J connectivity index is 1.54. The maximum atomic E-state index is 12.1. The van der Waals surface area contributed by atoms with Crippen molar-refractivity contribution in [3.05, 3.63) is 18.0 Å². The summed E-state index contributed by atoms with van der Waals surface area (Å²) < 4.78 is 12.8. The van der Waals surface area contributed by atoms with Crippen molar-refractivity contribution in [1.82, 2.24) is 15.2 Å². The Labute approximate surface area is 162 Å². The number of carbonyl (C=O) groups excluding carboxylic acids is 1. The van der Waals surface area contributed by atoms with Gasteiger partial charge in [-0.1, -0.05) is 19.6 Å². The highest BCUT2D eigenvalue weighted by molar-refractivity contribution is 6.76. The van der Waals surface area contributed by atoms with Gasteiger partial charge in [-0.25, -0.2) is 9.48 Å². The summed E-state index contributed by atoms with van der Waals surface area (Å²) in [6.07, 6.45) is 7.00. The van der Waals surface area contributed by atoms with Gasteiger partial charge in [0.25, 0.3) is 0 Å². The lowest BCUT2D eigenvalue weighted by Gasteiger charge is -2.30. The predicted octanol–water partition coefficient (Wildman–Crippen LogP) is 2.97. The van der Waals surface area contributed by atoms with Gasteiger partial charge in [0.1, 0.15) is 6.73 Å². The molecular weight excluding hydrogens is 360 g/mol. The highest BCUT2D eigenvalue weighted by Crippen LogP contribution is 2.39. The molecule has 2 aliphatic rings. The average molecular weight is 393 g/mol. The Morgan fingerprint density at radius 3 is 2.93 bits per heavy atom. The number of hydrogen-bond donors (Lipinski definition) is 1. The van der Waals surface area contributed by atoms with E-state index in [0.717, 1.165) is 31.9 Å². The zero-order chi connectivity index (χ0) is 19.4. The van der Waals surface area contributed by atoms with Crippen LogP contribution in [0.2, 0.25) is 25.7 Å². The van der Waals surface area contributed by atoms with Crippen LogP contribution in [0.5, 0.6) is 0 Å². The van der Waals surface area contributed by atoms with Crippen LogP contribution in [-0.2, 0) is 21.0 Å². The largest absolute Gasteiger partial charge is 0.461 e. The number of aromatic nitrogens is 2. The van der Waals surface area contributed by atoms with Crippen LogP contribution < -0.4 is 5.43 Å². The smallest absolute Gasteiger partial charge is 0.354 e. The van der Waals surface area contributed by atoms with Crippen LogP contribution in [0.25, 0.3) is 0 Å². The van der Waals surface area contributed by atoms with E-state index in [1.165, 1.54) is 5.56 Å². The maximum absolute atomic E-state index is 12.1. The zero-order valence-electron chi connectivity index (χ0n) is 16.9. The minimum absolute atomic E-state index is 0.124. The predicted molar refractivity (Wildman–Crippen MR) is 107 cm³/mol. The fourth-order valence-corrected chi connectivity index (χ4v) is 4.52. The summed E-state index contributed by atoms with van der Waals surface area (Å²) in [7, 11) is -1.06. The second-order valence-electron chi connectivity index (χ2n) is 8.73. The molecule has 1 N–H and O–H groups in total. The quantitative estimate of drug-likeness (QED) is 0.418. The van der Waals surface area contributed by atoms with E-state index in [9.17, 15) is 4.79 Å². The number of carbonyl (C=O) groups is 1. The molecule has 0 radical (unpaired) electrons. The van der Waals surface area contributed by atoms with Crippen molar-refractivity contribution in [2.75, 3.05) is 13.2 Å². The molecule has 0 saturated heterocycles. The van der Waals surface area contributed by atoms with Gasteiger partial charge in [0, 0.05) is 26.8 Å². The summed E-state index contributed by atoms with van der Waals surface area (Å²) in [5, 5.41) is 8.72. The number of hydrazone groups is 1. The molecule has 1 aromatic rings. The van der Waals surface area contributed by atoms with Gasteiger partial charge in [0.2, 0.25) is 0 Å². The standard InChI is InChI=1S/C19H32N4O3Si/c1-5-26-19(24)18-16-10-14(6-7-17(16)21-22-18)15-11-20-23(12-15)13-25-8-9-27(2,3)4/h11-12,14,16-17,21H,5-10,13H2,1-4H3. The van der Waals surface area contributed by atoms with Gasteiger partial charge in [0.05, 0.1) is 18.8 Å². The van der Waals surface area contributed by atoms with Crippen molar-refractivity contribution < 1.29 is 14.3 Å². The van der Waals surface area contributed by atoms with E-state index in [0.29, 0.717) is 25.0 Å². The topological polar surface area (TPSA) is 77.7 Å². The molecule has 1 aliphatic carbocycles. The molecule has 0 amide bonds. The highest BCUT2D eigenvalue weighted by Gasteiger charge is 2.41. The van der Waals surface area contributed by atoms with Gasteiger partial charge in [-0.05, 0) is 43.7 Å². The lowest BCUT2D eigenvalue weighted by molar-refractivity contribution is -0.135. The van der Waals surface area contributed by atoms with E-state index in [1.54, 1.807) is 0 Å². The van der Waals surface area contributed by atoms with Crippen LogP contribution in [0, 0.1) is 5.92 Å². The third kappa shape index (κ3) is 5.19. The number of fused-ring (bicyclic) bond motifs is 1. The molecule has 3 unspecified atom stereocenters. The normalized spacial score (nSPS) is 24.9. The van der Waals surface area contributed by atoms with Crippen molar-refractivity contribution in [1.29, 1.82) is 0 Å². The molecule has 8 heteroatoms. The van der Waals surface area contributed by atoms with E-state index < -0.39 is 8.07 Å². The van der Waals surface area contributed by atoms with Gasteiger partial charge in [-0.3, -0.25) is 0 Å². The van der Waals surface area contributed by atoms with E-state index in [-0.39, 0.29) is 17.9 Å². The van der Waals surface area contributed by atoms with Crippen LogP contribution in [0.15, 0.2) is 17.5 Å². The summed E-state index contributed by atoms with van der Waals surface area (Å²) in [5.41, 5.74) is 4.89. The number of ether oxygens (including phenoxy) is 2. The number of nitrogens with one attached hydrogen (secondary N) is 1. The zero-order valence-corrected chi connectivity index (χ0v) is 17.9. The molecule has 3 atom stereocenters. The number of esters is 1. The molecule has 1 aliphatic heterocycles. The van der Waals surface area contributed by atoms with E-state index in [2.05, 4.69) is 41.5 Å². The molecule has 1 saturated carbocycles. The second kappa shape index (κ2) is 8.56. The number of rotatable bonds is 8. The third-order valence-electron chi connectivity index (χ3n) is 5.38. The maximum Gasteiger partial charge on any atom is 0.354 e. The second-order valence-corrected chi connectivity index (χ2v) is 14.4. The van der Waals surface area contributed by atoms with Gasteiger partial charge in [-0.15, -0.1) is 0 Å². The van der Waals surface area contributed by atoms with Gasteiger partial charge in [-0.2, -0.15) is 10.2 Å². The van der Waals surface area contributed by atoms with E-state index in [4.69, 9.17) is 9.47 Å². The van der Waals surface area contributed by atoms with Gasteiger partial charge < -0.3 is 14.9 Å². The lowest BCUT2D eigenvalue weighted by atomic mass is 9.74. The molecule has 1 fully saturated rings. The van der Waals surface area contributed by atoms with E-state index >= 15 is 0 Å². The molecule has 7 nitrogen and oxygen atoms in total. The Hall–Kier alpha value is -1.67. The van der Waals surface area contributed by atoms with Crippen molar-refractivity contribution in [2.45, 2.75) is 70.6 Å². The van der Waals surface area contributed by atoms with Gasteiger partial charge >= 0.3 is 5.97 Å². The van der Waals surface area contributed by atoms with E-state index in [1.807, 2.05) is 17.8 Å². The first-order chi connectivity index (χ1) is 12.9. The summed E-state index contributed by atoms with van der Waals surface area (Å²) in [6, 6.07) is 1.41. The first-order valence-electron chi connectivity index (χ1n) is 9.97. The fraction of sp³-hybridized carbons (Fsp3) is 0.737. The molecule has 0 aromatic carbocycles. The summed E-state index contributed by atoms with van der Waals surface area (Å²) in [4.78, 5) is 12.1. The molecular formula is C19H32N4O3Si. The summed E-state index contributed by atoms with van der Waals surface area (Å²) in [6.45, 7) is 10.5. The molecule has 0 spiro atoms. The number of nitrogens with zero attached hydrogens (tertiary/aromatic N) is 3. The lowest BCUT2D eigenvalue weighted by Crippen LogP contribution is -2.37. The molecule has 1 aromatic heterocycles. The first kappa shape index (κ1) is 20.1. The summed E-state index contributed by atoms with van der Waals surface area (Å²) in [5.74, 6) is 0.227. The highest BCUT2D eigenvalue weighted by atomic mass is 28.3.